The smallest absolute Gasteiger partial charge is 0.239 e. The molecule has 1 aromatic carbocycles. The SMILES string of the molecule is Cc1cnnc(Oc2ccc(Br)cc2C)c1. The molecule has 0 aliphatic carbocycles. The largest absolute Gasteiger partial charge is 0.437 e. The van der Waals surface area contributed by atoms with Crippen molar-refractivity contribution in [2.24, 2.45) is 0 Å². The lowest BCUT2D eigenvalue weighted by Gasteiger charge is -2.07. The van der Waals surface area contributed by atoms with Crippen LogP contribution in [0.1, 0.15) is 11.1 Å². The Morgan fingerprint density at radius 3 is 2.69 bits per heavy atom. The summed E-state index contributed by atoms with van der Waals surface area (Å²) in [6, 6.07) is 7.70. The van der Waals surface area contributed by atoms with Crippen LogP contribution in [0, 0.1) is 13.8 Å². The Labute approximate surface area is 103 Å². The van der Waals surface area contributed by atoms with E-state index in [-0.39, 0.29) is 0 Å². The number of hydrogen-bond donors (Lipinski definition) is 0. The van der Waals surface area contributed by atoms with Crippen molar-refractivity contribution in [2.45, 2.75) is 13.8 Å². The molecular weight excluding hydrogens is 268 g/mol. The fraction of sp³-hybridized carbons (Fsp3) is 0.167. The molecule has 0 unspecified atom stereocenters. The molecule has 0 N–H and O–H groups in total. The maximum Gasteiger partial charge on any atom is 0.239 e. The molecule has 0 bridgehead atoms. The summed E-state index contributed by atoms with van der Waals surface area (Å²) in [6.45, 7) is 3.94. The van der Waals surface area contributed by atoms with Gasteiger partial charge >= 0.3 is 0 Å². The van der Waals surface area contributed by atoms with Gasteiger partial charge in [0.2, 0.25) is 5.88 Å². The number of ether oxygens (including phenoxy) is 1. The third kappa shape index (κ3) is 2.58. The summed E-state index contributed by atoms with van der Waals surface area (Å²) in [5.41, 5.74) is 2.08. The lowest BCUT2D eigenvalue weighted by molar-refractivity contribution is 0.451. The first-order valence-electron chi connectivity index (χ1n) is 4.88. The molecule has 0 amide bonds. The number of halogens is 1. The van der Waals surface area contributed by atoms with Crippen LogP contribution in [0.2, 0.25) is 0 Å². The van der Waals surface area contributed by atoms with E-state index >= 15 is 0 Å². The highest BCUT2D eigenvalue weighted by Gasteiger charge is 2.03. The van der Waals surface area contributed by atoms with Gasteiger partial charge in [-0.3, -0.25) is 0 Å². The summed E-state index contributed by atoms with van der Waals surface area (Å²) >= 11 is 3.41. The minimum absolute atomic E-state index is 0.519. The highest BCUT2D eigenvalue weighted by Crippen LogP contribution is 2.26. The minimum atomic E-state index is 0.519. The molecule has 0 atom stereocenters. The predicted octanol–water partition coefficient (Wildman–Crippen LogP) is 3.65. The van der Waals surface area contributed by atoms with E-state index in [4.69, 9.17) is 4.74 Å². The minimum Gasteiger partial charge on any atom is -0.437 e. The Morgan fingerprint density at radius 1 is 1.19 bits per heavy atom. The van der Waals surface area contributed by atoms with Crippen LogP contribution < -0.4 is 4.74 Å². The van der Waals surface area contributed by atoms with Crippen LogP contribution in [-0.4, -0.2) is 10.2 Å². The Morgan fingerprint density at radius 2 is 2.00 bits per heavy atom. The number of benzene rings is 1. The van der Waals surface area contributed by atoms with Gasteiger partial charge in [0, 0.05) is 10.5 Å². The van der Waals surface area contributed by atoms with Crippen LogP contribution >= 0.6 is 15.9 Å². The monoisotopic (exact) mass is 278 g/mol. The quantitative estimate of drug-likeness (QED) is 0.841. The second kappa shape index (κ2) is 4.61. The van der Waals surface area contributed by atoms with E-state index in [9.17, 15) is 0 Å². The second-order valence-corrected chi connectivity index (χ2v) is 4.50. The van der Waals surface area contributed by atoms with Gasteiger partial charge in [0.05, 0.1) is 6.20 Å². The van der Waals surface area contributed by atoms with Gasteiger partial charge < -0.3 is 4.74 Å². The van der Waals surface area contributed by atoms with Crippen molar-refractivity contribution in [3.63, 3.8) is 0 Å². The van der Waals surface area contributed by atoms with E-state index in [1.807, 2.05) is 38.1 Å². The summed E-state index contributed by atoms with van der Waals surface area (Å²) in [6.07, 6.45) is 1.70. The first-order valence-corrected chi connectivity index (χ1v) is 5.68. The second-order valence-electron chi connectivity index (χ2n) is 3.58. The van der Waals surface area contributed by atoms with Crippen molar-refractivity contribution in [3.8, 4) is 11.6 Å². The lowest BCUT2D eigenvalue weighted by atomic mass is 10.2. The summed E-state index contributed by atoms with van der Waals surface area (Å²) in [5.74, 6) is 1.31. The third-order valence-electron chi connectivity index (χ3n) is 2.12. The van der Waals surface area contributed by atoms with Gasteiger partial charge in [-0.2, -0.15) is 5.10 Å². The Hall–Kier alpha value is -1.42. The van der Waals surface area contributed by atoms with Crippen molar-refractivity contribution in [2.75, 3.05) is 0 Å². The highest BCUT2D eigenvalue weighted by molar-refractivity contribution is 9.10. The zero-order valence-electron chi connectivity index (χ0n) is 9.07. The molecule has 0 aliphatic heterocycles. The molecule has 0 spiro atoms. The van der Waals surface area contributed by atoms with Crippen LogP contribution in [0.4, 0.5) is 0 Å². The number of aromatic nitrogens is 2. The normalized spacial score (nSPS) is 10.2. The first kappa shape index (κ1) is 11.1. The molecule has 4 heteroatoms. The molecule has 1 heterocycles. The molecule has 3 nitrogen and oxygen atoms in total. The third-order valence-corrected chi connectivity index (χ3v) is 2.61. The topological polar surface area (TPSA) is 35.0 Å². The lowest BCUT2D eigenvalue weighted by Crippen LogP contribution is -1.92. The number of hydrogen-bond acceptors (Lipinski definition) is 3. The van der Waals surface area contributed by atoms with E-state index in [0.29, 0.717) is 5.88 Å². The maximum atomic E-state index is 5.65. The van der Waals surface area contributed by atoms with Crippen LogP contribution in [-0.2, 0) is 0 Å². The zero-order valence-corrected chi connectivity index (χ0v) is 10.7. The standard InChI is InChI=1S/C12H11BrN2O/c1-8-5-12(15-14-7-8)16-11-4-3-10(13)6-9(11)2/h3-7H,1-2H3. The van der Waals surface area contributed by atoms with Gasteiger partial charge in [0.15, 0.2) is 0 Å². The number of rotatable bonds is 2. The average molecular weight is 279 g/mol. The summed E-state index contributed by atoms with van der Waals surface area (Å²) in [5, 5.41) is 7.76. The average Bonchev–Trinajstić information content (AvgIpc) is 2.22. The van der Waals surface area contributed by atoms with Gasteiger partial charge in [-0.15, -0.1) is 5.10 Å². The van der Waals surface area contributed by atoms with Crippen LogP contribution in [0.25, 0.3) is 0 Å². The summed E-state index contributed by atoms with van der Waals surface area (Å²) in [7, 11) is 0. The van der Waals surface area contributed by atoms with Gasteiger partial charge in [-0.05, 0) is 43.2 Å². The molecule has 1 aromatic heterocycles. The molecule has 2 aromatic rings. The number of nitrogens with zero attached hydrogens (tertiary/aromatic N) is 2. The van der Waals surface area contributed by atoms with Gasteiger partial charge in [-0.1, -0.05) is 15.9 Å². The summed E-state index contributed by atoms with van der Waals surface area (Å²) in [4.78, 5) is 0. The van der Waals surface area contributed by atoms with Crippen molar-refractivity contribution >= 4 is 15.9 Å². The van der Waals surface area contributed by atoms with E-state index < -0.39 is 0 Å². The molecule has 16 heavy (non-hydrogen) atoms. The van der Waals surface area contributed by atoms with Crippen LogP contribution in [0.3, 0.4) is 0 Å². The highest BCUT2D eigenvalue weighted by atomic mass is 79.9. The molecule has 0 aliphatic rings. The van der Waals surface area contributed by atoms with Crippen molar-refractivity contribution in [1.29, 1.82) is 0 Å². The van der Waals surface area contributed by atoms with Crippen LogP contribution in [0.15, 0.2) is 34.9 Å². The van der Waals surface area contributed by atoms with Gasteiger partial charge in [0.1, 0.15) is 5.75 Å². The zero-order chi connectivity index (χ0) is 11.5. The Kier molecular flexibility index (Phi) is 3.19. The van der Waals surface area contributed by atoms with E-state index in [1.165, 1.54) is 0 Å². The number of aryl methyl sites for hydroxylation is 2. The Bertz CT molecular complexity index is 514. The summed E-state index contributed by atoms with van der Waals surface area (Å²) < 4.78 is 6.69. The van der Waals surface area contributed by atoms with E-state index in [0.717, 1.165) is 21.3 Å². The fourth-order valence-electron chi connectivity index (χ4n) is 1.33. The van der Waals surface area contributed by atoms with Gasteiger partial charge in [-0.25, -0.2) is 0 Å². The molecule has 2 rings (SSSR count). The van der Waals surface area contributed by atoms with Crippen molar-refractivity contribution < 1.29 is 4.74 Å². The molecular formula is C12H11BrN2O. The fourth-order valence-corrected chi connectivity index (χ4v) is 1.80. The maximum absolute atomic E-state index is 5.65. The first-order chi connectivity index (χ1) is 7.65. The molecule has 0 saturated carbocycles. The molecule has 0 fully saturated rings. The Balaban J connectivity index is 2.27. The van der Waals surface area contributed by atoms with Crippen molar-refractivity contribution in [1.82, 2.24) is 10.2 Å². The van der Waals surface area contributed by atoms with Crippen molar-refractivity contribution in [3.05, 3.63) is 46.1 Å². The van der Waals surface area contributed by atoms with E-state index in [2.05, 4.69) is 26.1 Å². The van der Waals surface area contributed by atoms with E-state index in [1.54, 1.807) is 6.20 Å². The molecule has 0 saturated heterocycles. The molecule has 82 valence electrons. The predicted molar refractivity (Wildman–Crippen MR) is 65.7 cm³/mol. The molecule has 0 radical (unpaired) electrons. The van der Waals surface area contributed by atoms with Crippen LogP contribution in [0.5, 0.6) is 11.6 Å². The van der Waals surface area contributed by atoms with Gasteiger partial charge in [0.25, 0.3) is 0 Å².